The van der Waals surface area contributed by atoms with Gasteiger partial charge in [0.1, 0.15) is 11.4 Å². The molecule has 1 N–H and O–H groups in total. The van der Waals surface area contributed by atoms with E-state index in [2.05, 4.69) is 14.8 Å². The average molecular weight is 381 g/mol. The fourth-order valence-corrected chi connectivity index (χ4v) is 3.02. The standard InChI is InChI=1S/C20H13F2N3O3/c1-28-20(27)12-7-5-11(6-8-12)17-16-15(9-10-23-19(16)26)25(24-17)18-13(21)3-2-4-14(18)22/h2-10H,1H3,(H,23,26). The molecule has 2 aromatic heterocycles. The topological polar surface area (TPSA) is 77.0 Å². The number of aromatic nitrogens is 3. The van der Waals surface area contributed by atoms with E-state index in [1.807, 2.05) is 0 Å². The van der Waals surface area contributed by atoms with Gasteiger partial charge in [0, 0.05) is 11.8 Å². The molecule has 0 saturated heterocycles. The minimum Gasteiger partial charge on any atom is -0.465 e. The first-order chi connectivity index (χ1) is 13.5. The molecule has 2 heterocycles. The molecule has 0 saturated carbocycles. The van der Waals surface area contributed by atoms with Crippen LogP contribution >= 0.6 is 0 Å². The van der Waals surface area contributed by atoms with Gasteiger partial charge in [-0.2, -0.15) is 5.10 Å². The van der Waals surface area contributed by atoms with Crippen LogP contribution in [-0.4, -0.2) is 27.8 Å². The molecule has 0 aliphatic heterocycles. The molecule has 4 rings (SSSR count). The van der Waals surface area contributed by atoms with Gasteiger partial charge in [-0.15, -0.1) is 0 Å². The Balaban J connectivity index is 1.98. The number of aromatic amines is 1. The molecule has 0 unspecified atom stereocenters. The Morgan fingerprint density at radius 1 is 1.07 bits per heavy atom. The number of carbonyl (C=O) groups excluding carboxylic acids is 1. The summed E-state index contributed by atoms with van der Waals surface area (Å²) in [6, 6.07) is 11.2. The molecule has 140 valence electrons. The summed E-state index contributed by atoms with van der Waals surface area (Å²) in [4.78, 5) is 26.6. The second-order valence-electron chi connectivity index (χ2n) is 5.97. The molecule has 4 aromatic rings. The number of H-pyrrole nitrogens is 1. The molecule has 6 nitrogen and oxygen atoms in total. The molecule has 0 bridgehead atoms. The average Bonchev–Trinajstić information content (AvgIpc) is 3.08. The number of carbonyl (C=O) groups is 1. The molecule has 0 radical (unpaired) electrons. The molecule has 2 aromatic carbocycles. The Morgan fingerprint density at radius 2 is 1.75 bits per heavy atom. The van der Waals surface area contributed by atoms with Crippen LogP contribution in [0.4, 0.5) is 8.78 Å². The van der Waals surface area contributed by atoms with Gasteiger partial charge in [-0.25, -0.2) is 18.3 Å². The molecule has 0 aliphatic carbocycles. The van der Waals surface area contributed by atoms with Crippen molar-refractivity contribution in [1.82, 2.24) is 14.8 Å². The summed E-state index contributed by atoms with van der Waals surface area (Å²) in [5.74, 6) is -2.12. The first-order valence-corrected chi connectivity index (χ1v) is 8.25. The van der Waals surface area contributed by atoms with Crippen LogP contribution in [-0.2, 0) is 4.74 Å². The number of benzene rings is 2. The van der Waals surface area contributed by atoms with Crippen LogP contribution in [0.15, 0.2) is 59.5 Å². The maximum Gasteiger partial charge on any atom is 0.337 e. The Kier molecular flexibility index (Phi) is 4.23. The van der Waals surface area contributed by atoms with Gasteiger partial charge in [0.15, 0.2) is 11.6 Å². The van der Waals surface area contributed by atoms with Crippen molar-refractivity contribution in [3.05, 3.63) is 82.3 Å². The first-order valence-electron chi connectivity index (χ1n) is 8.25. The van der Waals surface area contributed by atoms with E-state index in [-0.39, 0.29) is 22.3 Å². The number of hydrogen-bond acceptors (Lipinski definition) is 4. The summed E-state index contributed by atoms with van der Waals surface area (Å²) in [6.45, 7) is 0. The maximum atomic E-state index is 14.3. The molecule has 0 aliphatic rings. The lowest BCUT2D eigenvalue weighted by molar-refractivity contribution is 0.0600. The number of nitrogens with one attached hydrogen (secondary N) is 1. The number of hydrogen-bond donors (Lipinski definition) is 1. The van der Waals surface area contributed by atoms with E-state index in [1.165, 1.54) is 37.6 Å². The summed E-state index contributed by atoms with van der Waals surface area (Å²) in [5.41, 5.74) is 0.479. The summed E-state index contributed by atoms with van der Waals surface area (Å²) in [6.07, 6.45) is 1.38. The summed E-state index contributed by atoms with van der Waals surface area (Å²) in [7, 11) is 1.27. The van der Waals surface area contributed by atoms with E-state index in [1.54, 1.807) is 12.1 Å². The number of esters is 1. The lowest BCUT2D eigenvalue weighted by Gasteiger charge is -2.06. The van der Waals surface area contributed by atoms with Crippen molar-refractivity contribution in [3.8, 4) is 16.9 Å². The second kappa shape index (κ2) is 6.73. The van der Waals surface area contributed by atoms with Gasteiger partial charge in [0.25, 0.3) is 5.56 Å². The van der Waals surface area contributed by atoms with Crippen LogP contribution in [0, 0.1) is 11.6 Å². The molecule has 0 spiro atoms. The van der Waals surface area contributed by atoms with Crippen LogP contribution in [0.25, 0.3) is 27.8 Å². The quantitative estimate of drug-likeness (QED) is 0.552. The van der Waals surface area contributed by atoms with Crippen molar-refractivity contribution < 1.29 is 18.3 Å². The molecule has 28 heavy (non-hydrogen) atoms. The fraction of sp³-hybridized carbons (Fsp3) is 0.0500. The minimum atomic E-state index is -0.808. The third-order valence-electron chi connectivity index (χ3n) is 4.33. The van der Waals surface area contributed by atoms with Crippen molar-refractivity contribution in [3.63, 3.8) is 0 Å². The van der Waals surface area contributed by atoms with Crippen LogP contribution in [0.1, 0.15) is 10.4 Å². The molecular formula is C20H13F2N3O3. The van der Waals surface area contributed by atoms with Crippen molar-refractivity contribution in [2.75, 3.05) is 7.11 Å². The predicted molar refractivity (Wildman–Crippen MR) is 98.4 cm³/mol. The van der Waals surface area contributed by atoms with Crippen LogP contribution < -0.4 is 5.56 Å². The monoisotopic (exact) mass is 381 g/mol. The second-order valence-corrected chi connectivity index (χ2v) is 5.97. The number of rotatable bonds is 3. The van der Waals surface area contributed by atoms with Gasteiger partial charge in [-0.3, -0.25) is 4.79 Å². The number of ether oxygens (including phenoxy) is 1. The third kappa shape index (κ3) is 2.75. The van der Waals surface area contributed by atoms with Crippen LogP contribution in [0.3, 0.4) is 0 Å². The molecule has 8 heteroatoms. The van der Waals surface area contributed by atoms with Crippen LogP contribution in [0.2, 0.25) is 0 Å². The van der Waals surface area contributed by atoms with E-state index >= 15 is 0 Å². The maximum absolute atomic E-state index is 14.3. The predicted octanol–water partition coefficient (Wildman–Crippen LogP) is 3.45. The first kappa shape index (κ1) is 17.6. The zero-order valence-corrected chi connectivity index (χ0v) is 14.6. The summed E-state index contributed by atoms with van der Waals surface area (Å²) >= 11 is 0. The van der Waals surface area contributed by atoms with E-state index in [4.69, 9.17) is 0 Å². The Bertz CT molecular complexity index is 1240. The Labute approximate surface area is 157 Å². The molecule has 0 amide bonds. The van der Waals surface area contributed by atoms with Gasteiger partial charge < -0.3 is 9.72 Å². The van der Waals surface area contributed by atoms with Crippen molar-refractivity contribution in [2.45, 2.75) is 0 Å². The highest BCUT2D eigenvalue weighted by Gasteiger charge is 2.20. The van der Waals surface area contributed by atoms with Crippen molar-refractivity contribution >= 4 is 16.9 Å². The summed E-state index contributed by atoms with van der Waals surface area (Å²) in [5, 5.41) is 4.48. The van der Waals surface area contributed by atoms with Gasteiger partial charge in [-0.05, 0) is 30.3 Å². The highest BCUT2D eigenvalue weighted by Crippen LogP contribution is 2.29. The Hall–Kier alpha value is -3.81. The van der Waals surface area contributed by atoms with Crippen molar-refractivity contribution in [2.24, 2.45) is 0 Å². The zero-order valence-electron chi connectivity index (χ0n) is 14.6. The molecule has 0 fully saturated rings. The molecule has 0 atom stereocenters. The normalized spacial score (nSPS) is 11.0. The van der Waals surface area contributed by atoms with Crippen LogP contribution in [0.5, 0.6) is 0 Å². The third-order valence-corrected chi connectivity index (χ3v) is 4.33. The minimum absolute atomic E-state index is 0.177. The van der Waals surface area contributed by atoms with Gasteiger partial charge in [0.2, 0.25) is 0 Å². The number of fused-ring (bicyclic) bond motifs is 1. The van der Waals surface area contributed by atoms with E-state index in [0.717, 1.165) is 16.8 Å². The highest BCUT2D eigenvalue weighted by molar-refractivity contribution is 5.95. The lowest BCUT2D eigenvalue weighted by atomic mass is 10.1. The SMILES string of the molecule is COC(=O)c1ccc(-c2nn(-c3c(F)cccc3F)c3cc[nH]c(=O)c23)cc1. The van der Waals surface area contributed by atoms with E-state index < -0.39 is 23.2 Å². The van der Waals surface area contributed by atoms with E-state index in [0.29, 0.717) is 11.1 Å². The molecular weight excluding hydrogens is 368 g/mol. The summed E-state index contributed by atoms with van der Waals surface area (Å²) < 4.78 is 34.4. The number of halogens is 2. The lowest BCUT2D eigenvalue weighted by Crippen LogP contribution is -2.06. The Morgan fingerprint density at radius 3 is 2.39 bits per heavy atom. The number of methoxy groups -OCH3 is 1. The number of nitrogens with zero attached hydrogens (tertiary/aromatic N) is 2. The van der Waals surface area contributed by atoms with Gasteiger partial charge in [0.05, 0.1) is 23.6 Å². The van der Waals surface area contributed by atoms with Gasteiger partial charge >= 0.3 is 5.97 Å². The number of pyridine rings is 1. The fourth-order valence-electron chi connectivity index (χ4n) is 3.02. The van der Waals surface area contributed by atoms with Gasteiger partial charge in [-0.1, -0.05) is 18.2 Å². The smallest absolute Gasteiger partial charge is 0.337 e. The zero-order chi connectivity index (χ0) is 19.8. The van der Waals surface area contributed by atoms with E-state index in [9.17, 15) is 18.4 Å². The highest BCUT2D eigenvalue weighted by atomic mass is 19.1. The largest absolute Gasteiger partial charge is 0.465 e. The number of para-hydroxylation sites is 1. The van der Waals surface area contributed by atoms with Crippen molar-refractivity contribution in [1.29, 1.82) is 0 Å².